The second kappa shape index (κ2) is 4.31. The number of H-pyrrole nitrogens is 1. The maximum absolute atomic E-state index is 5.81. The molecule has 2 aromatic carbocycles. The molecule has 0 spiro atoms. The standard InChI is InChI=1S/C15H15N3O/c1-9-4-3-5-14(10(9)2)19-15-17-12-7-6-11(16)8-13(12)18-15/h3-8H,16H2,1-2H3,(H,17,18). The number of aryl methyl sites for hydroxylation is 1. The average Bonchev–Trinajstić information content (AvgIpc) is 2.76. The summed E-state index contributed by atoms with van der Waals surface area (Å²) in [6, 6.07) is 12.0. The van der Waals surface area contributed by atoms with Crippen molar-refractivity contribution < 1.29 is 4.74 Å². The number of nitrogen functional groups attached to an aromatic ring is 1. The van der Waals surface area contributed by atoms with Crippen molar-refractivity contribution in [3.63, 3.8) is 0 Å². The van der Waals surface area contributed by atoms with Crippen molar-refractivity contribution in [2.45, 2.75) is 13.8 Å². The summed E-state index contributed by atoms with van der Waals surface area (Å²) >= 11 is 0. The Bertz CT molecular complexity index is 746. The highest BCUT2D eigenvalue weighted by Crippen LogP contribution is 2.27. The van der Waals surface area contributed by atoms with E-state index in [1.807, 2.05) is 37.3 Å². The quantitative estimate of drug-likeness (QED) is 0.686. The SMILES string of the molecule is Cc1cccc(Oc2nc3ccc(N)cc3[nH]2)c1C. The van der Waals surface area contributed by atoms with Gasteiger partial charge in [0.05, 0.1) is 11.0 Å². The van der Waals surface area contributed by atoms with Gasteiger partial charge in [0, 0.05) is 5.69 Å². The second-order valence-electron chi connectivity index (χ2n) is 4.62. The number of nitrogens with one attached hydrogen (secondary N) is 1. The molecule has 1 heterocycles. The summed E-state index contributed by atoms with van der Waals surface area (Å²) in [5.74, 6) is 0.812. The molecule has 0 aliphatic rings. The Hall–Kier alpha value is -2.49. The zero-order chi connectivity index (χ0) is 13.4. The molecule has 0 bridgehead atoms. The number of fused-ring (bicyclic) bond motifs is 1. The van der Waals surface area contributed by atoms with Gasteiger partial charge in [-0.15, -0.1) is 0 Å². The van der Waals surface area contributed by atoms with Gasteiger partial charge in [0.25, 0.3) is 6.01 Å². The molecular weight excluding hydrogens is 238 g/mol. The smallest absolute Gasteiger partial charge is 0.300 e. The van der Waals surface area contributed by atoms with Crippen LogP contribution in [0.4, 0.5) is 5.69 Å². The van der Waals surface area contributed by atoms with Crippen LogP contribution in [0.2, 0.25) is 0 Å². The van der Waals surface area contributed by atoms with E-state index < -0.39 is 0 Å². The normalized spacial score (nSPS) is 10.8. The molecule has 4 nitrogen and oxygen atoms in total. The molecule has 3 rings (SSSR count). The zero-order valence-corrected chi connectivity index (χ0v) is 10.9. The van der Waals surface area contributed by atoms with Crippen molar-refractivity contribution in [2.75, 3.05) is 5.73 Å². The molecule has 19 heavy (non-hydrogen) atoms. The van der Waals surface area contributed by atoms with E-state index in [1.165, 1.54) is 5.56 Å². The molecule has 0 amide bonds. The van der Waals surface area contributed by atoms with E-state index in [9.17, 15) is 0 Å². The second-order valence-corrected chi connectivity index (χ2v) is 4.62. The van der Waals surface area contributed by atoms with Crippen LogP contribution in [0.25, 0.3) is 11.0 Å². The highest BCUT2D eigenvalue weighted by molar-refractivity contribution is 5.79. The van der Waals surface area contributed by atoms with Crippen LogP contribution in [-0.2, 0) is 0 Å². The number of hydrogen-bond donors (Lipinski definition) is 2. The average molecular weight is 253 g/mol. The van der Waals surface area contributed by atoms with Crippen molar-refractivity contribution in [3.05, 3.63) is 47.5 Å². The highest BCUT2D eigenvalue weighted by atomic mass is 16.5. The van der Waals surface area contributed by atoms with Crippen molar-refractivity contribution >= 4 is 16.7 Å². The molecule has 4 heteroatoms. The zero-order valence-electron chi connectivity index (χ0n) is 10.9. The number of aromatic amines is 1. The Kier molecular flexibility index (Phi) is 2.63. The van der Waals surface area contributed by atoms with Crippen LogP contribution in [-0.4, -0.2) is 9.97 Å². The first-order valence-electron chi connectivity index (χ1n) is 6.13. The Balaban J connectivity index is 1.99. The monoisotopic (exact) mass is 253 g/mol. The highest BCUT2D eigenvalue weighted by Gasteiger charge is 2.07. The fourth-order valence-electron chi connectivity index (χ4n) is 1.99. The molecule has 0 saturated carbocycles. The molecule has 0 fully saturated rings. The van der Waals surface area contributed by atoms with Crippen molar-refractivity contribution in [1.82, 2.24) is 9.97 Å². The molecule has 0 radical (unpaired) electrons. The molecule has 0 aliphatic heterocycles. The lowest BCUT2D eigenvalue weighted by Crippen LogP contribution is -1.90. The van der Waals surface area contributed by atoms with Crippen LogP contribution in [0.5, 0.6) is 11.8 Å². The minimum Gasteiger partial charge on any atom is -0.425 e. The number of nitrogens with two attached hydrogens (primary N) is 1. The van der Waals surface area contributed by atoms with E-state index in [2.05, 4.69) is 23.0 Å². The third kappa shape index (κ3) is 2.12. The summed E-state index contributed by atoms with van der Waals surface area (Å²) in [5, 5.41) is 0. The molecule has 3 N–H and O–H groups in total. The topological polar surface area (TPSA) is 63.9 Å². The Morgan fingerprint density at radius 2 is 2.00 bits per heavy atom. The van der Waals surface area contributed by atoms with E-state index in [1.54, 1.807) is 0 Å². The third-order valence-corrected chi connectivity index (χ3v) is 3.25. The predicted molar refractivity (Wildman–Crippen MR) is 76.5 cm³/mol. The lowest BCUT2D eigenvalue weighted by molar-refractivity contribution is 0.445. The van der Waals surface area contributed by atoms with Gasteiger partial charge in [-0.3, -0.25) is 0 Å². The number of hydrogen-bond acceptors (Lipinski definition) is 3. The number of anilines is 1. The van der Waals surface area contributed by atoms with Crippen molar-refractivity contribution in [1.29, 1.82) is 0 Å². The van der Waals surface area contributed by atoms with E-state index in [4.69, 9.17) is 10.5 Å². The van der Waals surface area contributed by atoms with E-state index >= 15 is 0 Å². The van der Waals surface area contributed by atoms with Gasteiger partial charge < -0.3 is 15.5 Å². The van der Waals surface area contributed by atoms with E-state index in [0.29, 0.717) is 11.7 Å². The van der Waals surface area contributed by atoms with Crippen molar-refractivity contribution in [2.24, 2.45) is 0 Å². The minimum atomic E-state index is 0.481. The summed E-state index contributed by atoms with van der Waals surface area (Å²) in [6.07, 6.45) is 0. The molecule has 3 aromatic rings. The van der Waals surface area contributed by atoms with Gasteiger partial charge in [0.2, 0.25) is 0 Å². The van der Waals surface area contributed by atoms with Gasteiger partial charge in [-0.1, -0.05) is 12.1 Å². The van der Waals surface area contributed by atoms with Crippen LogP contribution >= 0.6 is 0 Å². The largest absolute Gasteiger partial charge is 0.425 e. The predicted octanol–water partition coefficient (Wildman–Crippen LogP) is 3.55. The molecule has 1 aromatic heterocycles. The number of imidazole rings is 1. The van der Waals surface area contributed by atoms with Crippen LogP contribution in [0.15, 0.2) is 36.4 Å². The Morgan fingerprint density at radius 3 is 2.84 bits per heavy atom. The molecular formula is C15H15N3O. The molecule has 0 aliphatic carbocycles. The van der Waals surface area contributed by atoms with Gasteiger partial charge in [-0.05, 0) is 49.2 Å². The Labute approximate surface area is 111 Å². The van der Waals surface area contributed by atoms with Gasteiger partial charge in [-0.2, -0.15) is 4.98 Å². The first-order chi connectivity index (χ1) is 9.13. The number of benzene rings is 2. The van der Waals surface area contributed by atoms with Crippen molar-refractivity contribution in [3.8, 4) is 11.8 Å². The maximum Gasteiger partial charge on any atom is 0.300 e. The maximum atomic E-state index is 5.81. The Morgan fingerprint density at radius 1 is 1.16 bits per heavy atom. The van der Waals surface area contributed by atoms with E-state index in [-0.39, 0.29) is 0 Å². The van der Waals surface area contributed by atoms with Crippen LogP contribution in [0, 0.1) is 13.8 Å². The summed E-state index contributed by atoms with van der Waals surface area (Å²) in [6.45, 7) is 4.09. The molecule has 0 atom stereocenters. The van der Waals surface area contributed by atoms with Gasteiger partial charge in [0.15, 0.2) is 0 Å². The van der Waals surface area contributed by atoms with Gasteiger partial charge in [0.1, 0.15) is 5.75 Å². The first kappa shape index (κ1) is 11.6. The molecule has 0 unspecified atom stereocenters. The lowest BCUT2D eigenvalue weighted by atomic mass is 10.1. The number of nitrogens with zero attached hydrogens (tertiary/aromatic N) is 1. The first-order valence-corrected chi connectivity index (χ1v) is 6.13. The molecule has 0 saturated heterocycles. The fourth-order valence-corrected chi connectivity index (χ4v) is 1.99. The summed E-state index contributed by atoms with van der Waals surface area (Å²) in [7, 11) is 0. The van der Waals surface area contributed by atoms with Crippen LogP contribution in [0.3, 0.4) is 0 Å². The minimum absolute atomic E-state index is 0.481. The fraction of sp³-hybridized carbons (Fsp3) is 0.133. The van der Waals surface area contributed by atoms with Crippen LogP contribution < -0.4 is 10.5 Å². The number of ether oxygens (including phenoxy) is 1. The van der Waals surface area contributed by atoms with Gasteiger partial charge >= 0.3 is 0 Å². The van der Waals surface area contributed by atoms with Crippen LogP contribution in [0.1, 0.15) is 11.1 Å². The molecule has 96 valence electrons. The summed E-state index contributed by atoms with van der Waals surface area (Å²) in [4.78, 5) is 7.50. The lowest BCUT2D eigenvalue weighted by Gasteiger charge is -2.07. The summed E-state index contributed by atoms with van der Waals surface area (Å²) < 4.78 is 5.81. The number of rotatable bonds is 2. The summed E-state index contributed by atoms with van der Waals surface area (Å²) in [5.41, 5.74) is 10.5. The van der Waals surface area contributed by atoms with E-state index in [0.717, 1.165) is 22.3 Å². The third-order valence-electron chi connectivity index (χ3n) is 3.25. The number of aromatic nitrogens is 2. The van der Waals surface area contributed by atoms with Gasteiger partial charge in [-0.25, -0.2) is 0 Å².